The standard InChI is InChI=1S/C21H23ClFN4O4PS/c1-3-21(4-2,32(29,30)31)20(28)27-8-7-13-16(10-27)33-19-17(13)18(24-11-25-19)26-12-5-6-15(23)14(22)9-12/h5-6,9,11H,3-4,7-8,10H2,1-2H3,(H,24,25,26)(H2,29,30,31). The summed E-state index contributed by atoms with van der Waals surface area (Å²) in [6.45, 7) is 3.84. The van der Waals surface area contributed by atoms with Crippen LogP contribution in [0.2, 0.25) is 5.02 Å². The molecule has 0 unspecified atom stereocenters. The van der Waals surface area contributed by atoms with Gasteiger partial charge in [0.05, 0.1) is 17.0 Å². The van der Waals surface area contributed by atoms with Crippen molar-refractivity contribution in [1.82, 2.24) is 14.9 Å². The highest BCUT2D eigenvalue weighted by molar-refractivity contribution is 7.54. The third-order valence-corrected chi connectivity index (χ3v) is 9.59. The number of fused-ring (bicyclic) bond motifs is 3. The van der Waals surface area contributed by atoms with Crippen molar-refractivity contribution in [2.24, 2.45) is 0 Å². The number of hydrogen-bond acceptors (Lipinski definition) is 6. The van der Waals surface area contributed by atoms with Crippen LogP contribution in [0.25, 0.3) is 10.2 Å². The summed E-state index contributed by atoms with van der Waals surface area (Å²) in [5.41, 5.74) is 1.57. The highest BCUT2D eigenvalue weighted by Crippen LogP contribution is 2.55. The molecule has 0 saturated heterocycles. The van der Waals surface area contributed by atoms with Crippen molar-refractivity contribution in [1.29, 1.82) is 0 Å². The van der Waals surface area contributed by atoms with Gasteiger partial charge in [0.15, 0.2) is 0 Å². The van der Waals surface area contributed by atoms with E-state index in [4.69, 9.17) is 11.6 Å². The Morgan fingerprint density at radius 3 is 2.70 bits per heavy atom. The number of amides is 1. The lowest BCUT2D eigenvalue weighted by atomic mass is 9.97. The SMILES string of the molecule is CCC(CC)(C(=O)N1CCc2c(sc3ncnc(Nc4ccc(F)c(Cl)c4)c23)C1)P(=O)(O)O. The lowest BCUT2D eigenvalue weighted by molar-refractivity contribution is -0.135. The number of anilines is 2. The fraction of sp³-hybridized carbons (Fsp3) is 0.381. The number of aromatic nitrogens is 2. The summed E-state index contributed by atoms with van der Waals surface area (Å²) in [6, 6.07) is 4.30. The maximum absolute atomic E-state index is 13.5. The van der Waals surface area contributed by atoms with Crippen LogP contribution in [0.15, 0.2) is 24.5 Å². The van der Waals surface area contributed by atoms with Crippen LogP contribution in [0.4, 0.5) is 15.9 Å². The molecule has 3 aromatic rings. The molecule has 0 spiro atoms. The first-order chi connectivity index (χ1) is 15.6. The van der Waals surface area contributed by atoms with Crippen molar-refractivity contribution in [3.8, 4) is 0 Å². The molecular weight excluding hydrogens is 490 g/mol. The Morgan fingerprint density at radius 2 is 2.06 bits per heavy atom. The van der Waals surface area contributed by atoms with Gasteiger partial charge in [-0.2, -0.15) is 0 Å². The second-order valence-corrected chi connectivity index (χ2v) is 11.4. The van der Waals surface area contributed by atoms with Crippen molar-refractivity contribution >= 4 is 58.2 Å². The number of carbonyl (C=O) groups is 1. The van der Waals surface area contributed by atoms with Crippen LogP contribution >= 0.6 is 30.5 Å². The van der Waals surface area contributed by atoms with Gasteiger partial charge >= 0.3 is 7.60 Å². The van der Waals surface area contributed by atoms with Crippen molar-refractivity contribution in [3.63, 3.8) is 0 Å². The average molecular weight is 513 g/mol. The summed E-state index contributed by atoms with van der Waals surface area (Å²) in [5.74, 6) is -0.487. The zero-order valence-electron chi connectivity index (χ0n) is 18.0. The Labute approximate surface area is 199 Å². The number of rotatable bonds is 6. The number of hydrogen-bond donors (Lipinski definition) is 3. The van der Waals surface area contributed by atoms with Crippen molar-refractivity contribution < 1.29 is 23.5 Å². The molecule has 0 fully saturated rings. The van der Waals surface area contributed by atoms with Crippen LogP contribution < -0.4 is 5.32 Å². The zero-order valence-corrected chi connectivity index (χ0v) is 20.5. The molecule has 1 aromatic carbocycles. The second kappa shape index (κ2) is 8.92. The van der Waals surface area contributed by atoms with E-state index in [2.05, 4.69) is 15.3 Å². The highest BCUT2D eigenvalue weighted by atomic mass is 35.5. The van der Waals surface area contributed by atoms with Gasteiger partial charge in [-0.3, -0.25) is 9.36 Å². The minimum atomic E-state index is -4.65. The van der Waals surface area contributed by atoms with Crippen LogP contribution in [0.5, 0.6) is 0 Å². The quantitative estimate of drug-likeness (QED) is 0.404. The van der Waals surface area contributed by atoms with Gasteiger partial charge in [-0.05, 0) is 43.0 Å². The van der Waals surface area contributed by atoms with Gasteiger partial charge in [0.25, 0.3) is 0 Å². The summed E-state index contributed by atoms with van der Waals surface area (Å²) < 4.78 is 25.8. The van der Waals surface area contributed by atoms with Crippen LogP contribution in [0.1, 0.15) is 37.1 Å². The first-order valence-corrected chi connectivity index (χ1v) is 13.2. The number of thiophene rings is 1. The number of carbonyl (C=O) groups excluding carboxylic acids is 1. The van der Waals surface area contributed by atoms with E-state index in [1.165, 1.54) is 34.7 Å². The second-order valence-electron chi connectivity index (χ2n) is 7.92. The molecule has 1 amide bonds. The Morgan fingerprint density at radius 1 is 1.33 bits per heavy atom. The third-order valence-electron chi connectivity index (χ3n) is 6.23. The van der Waals surface area contributed by atoms with E-state index in [-0.39, 0.29) is 24.4 Å². The van der Waals surface area contributed by atoms with E-state index in [1.54, 1.807) is 19.9 Å². The molecule has 33 heavy (non-hydrogen) atoms. The third kappa shape index (κ3) is 4.15. The van der Waals surface area contributed by atoms with E-state index in [1.807, 2.05) is 0 Å². The molecule has 8 nitrogen and oxygen atoms in total. The Balaban J connectivity index is 1.68. The fourth-order valence-electron chi connectivity index (χ4n) is 4.29. The van der Waals surface area contributed by atoms with Crippen LogP contribution in [-0.2, 0) is 22.3 Å². The molecule has 3 N–H and O–H groups in total. The van der Waals surface area contributed by atoms with Gasteiger partial charge in [-0.25, -0.2) is 14.4 Å². The van der Waals surface area contributed by atoms with Gasteiger partial charge in [0.2, 0.25) is 5.91 Å². The number of nitrogens with zero attached hydrogens (tertiary/aromatic N) is 3. The molecule has 176 valence electrons. The van der Waals surface area contributed by atoms with E-state index < -0.39 is 24.5 Å². The molecular formula is C21H23ClFN4O4PS. The molecule has 3 heterocycles. The smallest absolute Gasteiger partial charge is 0.340 e. The highest BCUT2D eigenvalue weighted by Gasteiger charge is 2.52. The fourth-order valence-corrected chi connectivity index (χ4v) is 6.89. The number of halogens is 2. The minimum Gasteiger partial charge on any atom is -0.340 e. The van der Waals surface area contributed by atoms with Crippen molar-refractivity contribution in [2.75, 3.05) is 11.9 Å². The zero-order chi connectivity index (χ0) is 24.0. The van der Waals surface area contributed by atoms with Gasteiger partial charge in [0.1, 0.15) is 27.9 Å². The van der Waals surface area contributed by atoms with Gasteiger partial charge in [-0.1, -0.05) is 25.4 Å². The predicted octanol–water partition coefficient (Wildman–Crippen LogP) is 4.85. The van der Waals surface area contributed by atoms with Crippen LogP contribution in [0.3, 0.4) is 0 Å². The maximum Gasteiger partial charge on any atom is 0.340 e. The molecule has 0 bridgehead atoms. The van der Waals surface area contributed by atoms with Gasteiger partial charge in [0, 0.05) is 17.1 Å². The molecule has 0 atom stereocenters. The Hall–Kier alpha value is -2.10. The molecule has 1 aliphatic heterocycles. The normalized spacial score (nSPS) is 14.4. The molecule has 4 rings (SSSR count). The summed E-state index contributed by atoms with van der Waals surface area (Å²) >= 11 is 7.31. The summed E-state index contributed by atoms with van der Waals surface area (Å²) in [6.07, 6.45) is 2.04. The Bertz CT molecular complexity index is 1280. The van der Waals surface area contributed by atoms with Crippen molar-refractivity contribution in [3.05, 3.63) is 45.8 Å². The maximum atomic E-state index is 13.5. The number of benzene rings is 1. The summed E-state index contributed by atoms with van der Waals surface area (Å²) in [7, 11) is -4.65. The average Bonchev–Trinajstić information content (AvgIpc) is 3.15. The van der Waals surface area contributed by atoms with Gasteiger partial charge < -0.3 is 20.0 Å². The van der Waals surface area contributed by atoms with Crippen molar-refractivity contribution in [2.45, 2.75) is 44.8 Å². The first-order valence-electron chi connectivity index (χ1n) is 10.4. The first kappa shape index (κ1) is 24.0. The Kier molecular flexibility index (Phi) is 6.50. The van der Waals surface area contributed by atoms with Crippen LogP contribution in [-0.4, -0.2) is 42.3 Å². The monoisotopic (exact) mass is 512 g/mol. The largest absolute Gasteiger partial charge is 0.340 e. The molecule has 0 radical (unpaired) electrons. The molecule has 1 aliphatic rings. The summed E-state index contributed by atoms with van der Waals surface area (Å²) in [5, 5.41) is 2.27. The predicted molar refractivity (Wildman–Crippen MR) is 127 cm³/mol. The topological polar surface area (TPSA) is 116 Å². The number of nitrogens with one attached hydrogen (secondary N) is 1. The molecule has 0 saturated carbocycles. The minimum absolute atomic E-state index is 0.00723. The van der Waals surface area contributed by atoms with Gasteiger partial charge in [-0.15, -0.1) is 11.3 Å². The molecule has 0 aliphatic carbocycles. The summed E-state index contributed by atoms with van der Waals surface area (Å²) in [4.78, 5) is 45.1. The van der Waals surface area contributed by atoms with Crippen LogP contribution in [0, 0.1) is 5.82 Å². The van der Waals surface area contributed by atoms with E-state index in [9.17, 15) is 23.5 Å². The molecule has 12 heteroatoms. The lowest BCUT2D eigenvalue weighted by Crippen LogP contribution is -2.49. The van der Waals surface area contributed by atoms with E-state index >= 15 is 0 Å². The van der Waals surface area contributed by atoms with E-state index in [0.29, 0.717) is 24.5 Å². The lowest BCUT2D eigenvalue weighted by Gasteiger charge is -2.37. The van der Waals surface area contributed by atoms with E-state index in [0.717, 1.165) is 20.7 Å². The molecule has 2 aromatic heterocycles.